The molecule has 9 aromatic carbocycles. The molecule has 3 heterocycles. The molecule has 12 rings (SSSR count). The number of rotatable bonds is 14. The van der Waals surface area contributed by atoms with E-state index in [2.05, 4.69) is 0 Å². The fourth-order valence-corrected chi connectivity index (χ4v) is 11.9. The third-order valence-corrected chi connectivity index (χ3v) is 16.6. The Morgan fingerprint density at radius 2 is 0.705 bits per heavy atom. The first-order valence-corrected chi connectivity index (χ1v) is 30.4. The molecule has 3 aliphatic rings. The van der Waals surface area contributed by atoms with Crippen LogP contribution in [0.3, 0.4) is 0 Å². The molecule has 0 spiro atoms. The van der Waals surface area contributed by atoms with Crippen molar-refractivity contribution in [3.63, 3.8) is 0 Å². The standard InChI is InChI=1S/C24H20N2O3S.2C24H20N2O2S/c1-29-21-13-11-19(12-14-21)25-24-26(20-5-3-2-4-6-20)23(28)22(30-24)15-17-7-9-18(16-27)10-8-17;1-17-7-13-20(14-8-17)25-24-26(21-5-3-2-4-6-21)23(28)22(29-24)15-18-9-11-19(16-27)12-10-18;27-17-20-13-11-18(12-14-20)15-22-23(28)26(21-9-5-2-6-10-21)24(29-22)25-16-19-7-3-1-4-8-19/h2-15,27H,16H2,1H3;2-15,27H,16H2,1H3;1-15,27H,16-17H2/b3*22-15-,25-24?. The Bertz CT molecular complexity index is 4050. The second-order valence-electron chi connectivity index (χ2n) is 19.9. The highest BCUT2D eigenvalue weighted by Gasteiger charge is 2.37. The van der Waals surface area contributed by atoms with Crippen LogP contribution in [-0.4, -0.2) is 55.7 Å². The molecule has 0 aromatic heterocycles. The number of aliphatic hydroxyl groups excluding tert-OH is 3. The van der Waals surface area contributed by atoms with Gasteiger partial charge in [-0.3, -0.25) is 34.1 Å². The van der Waals surface area contributed by atoms with Crippen LogP contribution in [0.15, 0.2) is 272 Å². The molecule has 16 heteroatoms. The number of amides is 3. The molecule has 88 heavy (non-hydrogen) atoms. The average Bonchev–Trinajstić information content (AvgIpc) is 2.44. The maximum atomic E-state index is 13.2. The minimum Gasteiger partial charge on any atom is -0.497 e. The number of nitrogens with zero attached hydrogens (tertiary/aromatic N) is 6. The van der Waals surface area contributed by atoms with Gasteiger partial charge in [-0.15, -0.1) is 0 Å². The van der Waals surface area contributed by atoms with Gasteiger partial charge in [0.25, 0.3) is 17.7 Å². The van der Waals surface area contributed by atoms with Gasteiger partial charge in [0.15, 0.2) is 15.5 Å². The lowest BCUT2D eigenvalue weighted by Gasteiger charge is -2.15. The monoisotopic (exact) mass is 1220 g/mol. The Morgan fingerprint density at radius 1 is 0.386 bits per heavy atom. The van der Waals surface area contributed by atoms with Crippen molar-refractivity contribution in [2.24, 2.45) is 15.0 Å². The molecular weight excluding hydrogens is 1160 g/mol. The lowest BCUT2D eigenvalue weighted by Crippen LogP contribution is -2.28. The predicted octanol–water partition coefficient (Wildman–Crippen LogP) is 15.1. The first-order valence-electron chi connectivity index (χ1n) is 28.0. The van der Waals surface area contributed by atoms with Crippen LogP contribution in [0.1, 0.15) is 44.5 Å². The summed E-state index contributed by atoms with van der Waals surface area (Å²) in [5.41, 5.74) is 11.4. The number of methoxy groups -OCH3 is 1. The molecule has 3 amide bonds. The number of hydrogen-bond acceptors (Lipinski definition) is 13. The van der Waals surface area contributed by atoms with Crippen molar-refractivity contribution in [3.05, 3.63) is 302 Å². The largest absolute Gasteiger partial charge is 0.497 e. The van der Waals surface area contributed by atoms with Gasteiger partial charge in [-0.05, 0) is 172 Å². The van der Waals surface area contributed by atoms with Crippen molar-refractivity contribution in [2.75, 3.05) is 21.8 Å². The summed E-state index contributed by atoms with van der Waals surface area (Å²) in [5.74, 6) is 0.447. The Morgan fingerprint density at radius 3 is 1.05 bits per heavy atom. The van der Waals surface area contributed by atoms with Crippen molar-refractivity contribution in [3.8, 4) is 5.75 Å². The molecule has 3 N–H and O–H groups in total. The zero-order valence-electron chi connectivity index (χ0n) is 48.0. The summed E-state index contributed by atoms with van der Waals surface area (Å²) in [4.78, 5) is 60.6. The molecule has 3 aliphatic heterocycles. The van der Waals surface area contributed by atoms with Crippen LogP contribution in [0.25, 0.3) is 18.2 Å². The lowest BCUT2D eigenvalue weighted by atomic mass is 10.1. The van der Waals surface area contributed by atoms with Crippen LogP contribution < -0.4 is 19.4 Å². The first-order chi connectivity index (χ1) is 43.1. The maximum Gasteiger partial charge on any atom is 0.271 e. The van der Waals surface area contributed by atoms with E-state index in [0.717, 1.165) is 78.7 Å². The number of benzene rings is 9. The number of hydrogen-bond donors (Lipinski definition) is 3. The molecule has 0 radical (unpaired) electrons. The summed E-state index contributed by atoms with van der Waals surface area (Å²) in [7, 11) is 1.62. The van der Waals surface area contributed by atoms with Crippen LogP contribution in [0.2, 0.25) is 0 Å². The number of aliphatic hydroxyl groups is 3. The summed E-state index contributed by atoms with van der Waals surface area (Å²) < 4.78 is 5.20. The van der Waals surface area contributed by atoms with E-state index < -0.39 is 0 Å². The Labute approximate surface area is 524 Å². The number of carbonyl (C=O) groups is 3. The van der Waals surface area contributed by atoms with Crippen molar-refractivity contribution in [1.29, 1.82) is 0 Å². The van der Waals surface area contributed by atoms with Gasteiger partial charge in [0.05, 0.1) is 76.6 Å². The average molecular weight is 1220 g/mol. The van der Waals surface area contributed by atoms with E-state index >= 15 is 0 Å². The molecule has 0 aliphatic carbocycles. The second kappa shape index (κ2) is 30.1. The van der Waals surface area contributed by atoms with Gasteiger partial charge in [-0.2, -0.15) is 0 Å². The Balaban J connectivity index is 0.000000146. The van der Waals surface area contributed by atoms with Gasteiger partial charge in [0.1, 0.15) is 5.75 Å². The fraction of sp³-hybridized carbons (Fsp3) is 0.0833. The second-order valence-corrected chi connectivity index (χ2v) is 22.9. The quantitative estimate of drug-likeness (QED) is 0.0892. The van der Waals surface area contributed by atoms with E-state index in [1.54, 1.807) is 21.8 Å². The molecule has 0 bridgehead atoms. The highest BCUT2D eigenvalue weighted by molar-refractivity contribution is 8.20. The first kappa shape index (κ1) is 61.4. The van der Waals surface area contributed by atoms with E-state index in [0.29, 0.717) is 36.8 Å². The van der Waals surface area contributed by atoms with Gasteiger partial charge in [-0.25, -0.2) is 9.98 Å². The van der Waals surface area contributed by atoms with Crippen molar-refractivity contribution < 1.29 is 34.4 Å². The summed E-state index contributed by atoms with van der Waals surface area (Å²) in [5, 5.41) is 29.5. The number of anilines is 3. The molecule has 3 fully saturated rings. The molecule has 13 nitrogen and oxygen atoms in total. The maximum absolute atomic E-state index is 13.2. The van der Waals surface area contributed by atoms with E-state index in [9.17, 15) is 29.7 Å². The minimum atomic E-state index is -0.121. The molecule has 438 valence electrons. The topological polar surface area (TPSA) is 168 Å². The highest BCUT2D eigenvalue weighted by Crippen LogP contribution is 2.40. The third kappa shape index (κ3) is 15.9. The molecule has 0 unspecified atom stereocenters. The van der Waals surface area contributed by atoms with Gasteiger partial charge in [-0.1, -0.05) is 175 Å². The Hall–Kier alpha value is -9.65. The Kier molecular flexibility index (Phi) is 21.0. The predicted molar refractivity (Wildman–Crippen MR) is 362 cm³/mol. The van der Waals surface area contributed by atoms with E-state index in [1.807, 2.05) is 268 Å². The van der Waals surface area contributed by atoms with Crippen LogP contribution in [0.5, 0.6) is 5.75 Å². The number of carbonyl (C=O) groups excluding carboxylic acids is 3. The van der Waals surface area contributed by atoms with Crippen LogP contribution in [-0.2, 0) is 40.7 Å². The lowest BCUT2D eigenvalue weighted by molar-refractivity contribution is -0.114. The van der Waals surface area contributed by atoms with Crippen molar-refractivity contribution >= 4 is 115 Å². The number of thioether (sulfide) groups is 3. The molecule has 0 saturated carbocycles. The number of aryl methyl sites for hydroxylation is 1. The number of amidine groups is 3. The summed E-state index contributed by atoms with van der Waals surface area (Å²) in [6, 6.07) is 76.4. The van der Waals surface area contributed by atoms with E-state index in [1.165, 1.54) is 35.3 Å². The van der Waals surface area contributed by atoms with Crippen LogP contribution in [0, 0.1) is 6.92 Å². The zero-order valence-corrected chi connectivity index (χ0v) is 50.5. The normalized spacial score (nSPS) is 16.6. The minimum absolute atomic E-state index is 0.000325. The number of ether oxygens (including phenoxy) is 1. The number of para-hydroxylation sites is 3. The smallest absolute Gasteiger partial charge is 0.271 e. The number of aliphatic imine (C=N–C) groups is 3. The zero-order chi connectivity index (χ0) is 61.2. The van der Waals surface area contributed by atoms with Crippen molar-refractivity contribution in [1.82, 2.24) is 0 Å². The fourth-order valence-electron chi connectivity index (χ4n) is 8.94. The molecule has 0 atom stereocenters. The molecule has 3 saturated heterocycles. The summed E-state index contributed by atoms with van der Waals surface area (Å²) >= 11 is 4.09. The summed E-state index contributed by atoms with van der Waals surface area (Å²) in [6.07, 6.45) is 5.58. The molecular formula is C72H60N6O7S3. The van der Waals surface area contributed by atoms with Gasteiger partial charge >= 0.3 is 0 Å². The third-order valence-electron chi connectivity index (χ3n) is 13.6. The van der Waals surface area contributed by atoms with E-state index in [-0.39, 0.29) is 37.5 Å². The summed E-state index contributed by atoms with van der Waals surface area (Å²) in [6.45, 7) is 2.54. The van der Waals surface area contributed by atoms with Gasteiger partial charge in [0, 0.05) is 0 Å². The van der Waals surface area contributed by atoms with Crippen LogP contribution >= 0.6 is 35.3 Å². The van der Waals surface area contributed by atoms with Crippen LogP contribution in [0.4, 0.5) is 28.4 Å². The SMILES string of the molecule is COc1ccc(N=C2S/C(=C\c3ccc(CO)cc3)C(=O)N2c2ccccc2)cc1.Cc1ccc(N=C2S/C(=C\c3ccc(CO)cc3)C(=O)N2c2ccccc2)cc1.O=C1/C(=C/c2ccc(CO)cc2)SC(=NCc2ccccc2)N1c1ccccc1. The molecule has 9 aromatic rings. The van der Waals surface area contributed by atoms with Crippen molar-refractivity contribution in [2.45, 2.75) is 33.3 Å². The van der Waals surface area contributed by atoms with E-state index in [4.69, 9.17) is 19.7 Å². The highest BCUT2D eigenvalue weighted by atomic mass is 32.2. The van der Waals surface area contributed by atoms with Gasteiger partial charge < -0.3 is 20.1 Å². The van der Waals surface area contributed by atoms with Gasteiger partial charge in [0.2, 0.25) is 0 Å².